The number of aromatic nitrogens is 1. The first-order valence-electron chi connectivity index (χ1n) is 9.60. The van der Waals surface area contributed by atoms with Crippen molar-refractivity contribution in [1.82, 2.24) is 15.6 Å². The summed E-state index contributed by atoms with van der Waals surface area (Å²) < 4.78 is 13.8. The molecule has 5 nitrogen and oxygen atoms in total. The molecular weight excluding hydrogens is 389 g/mol. The Kier molecular flexibility index (Phi) is 5.85. The number of rotatable bonds is 6. The van der Waals surface area contributed by atoms with Gasteiger partial charge in [-0.1, -0.05) is 36.4 Å². The smallest absolute Gasteiger partial charge is 0.243 e. The molecule has 1 saturated heterocycles. The van der Waals surface area contributed by atoms with Gasteiger partial charge in [0.25, 0.3) is 0 Å². The van der Waals surface area contributed by atoms with E-state index in [2.05, 4.69) is 21.7 Å². The third kappa shape index (κ3) is 4.45. The van der Waals surface area contributed by atoms with Crippen LogP contribution in [0.2, 0.25) is 0 Å². The fourth-order valence-electron chi connectivity index (χ4n) is 3.53. The van der Waals surface area contributed by atoms with Crippen LogP contribution in [0.25, 0.3) is 10.9 Å². The van der Waals surface area contributed by atoms with E-state index in [1.807, 2.05) is 24.4 Å². The monoisotopic (exact) mass is 411 g/mol. The van der Waals surface area contributed by atoms with Crippen molar-refractivity contribution in [3.8, 4) is 0 Å². The van der Waals surface area contributed by atoms with Crippen LogP contribution in [0.4, 0.5) is 4.39 Å². The van der Waals surface area contributed by atoms with Gasteiger partial charge in [0.2, 0.25) is 11.8 Å². The molecule has 0 radical (unpaired) electrons. The summed E-state index contributed by atoms with van der Waals surface area (Å²) in [6.45, 7) is 0.496. The highest BCUT2D eigenvalue weighted by molar-refractivity contribution is 8.00. The highest BCUT2D eigenvalue weighted by atomic mass is 32.2. The molecule has 0 unspecified atom stereocenters. The van der Waals surface area contributed by atoms with Gasteiger partial charge in [-0.2, -0.15) is 0 Å². The second kappa shape index (κ2) is 8.69. The average molecular weight is 412 g/mol. The summed E-state index contributed by atoms with van der Waals surface area (Å²) in [6, 6.07) is 13.9. The molecular formula is C22H22FN3O2S. The van der Waals surface area contributed by atoms with Gasteiger partial charge < -0.3 is 15.6 Å². The lowest BCUT2D eigenvalue weighted by Gasteiger charge is -2.28. The van der Waals surface area contributed by atoms with Crippen molar-refractivity contribution in [3.05, 3.63) is 71.7 Å². The van der Waals surface area contributed by atoms with Gasteiger partial charge >= 0.3 is 0 Å². The van der Waals surface area contributed by atoms with Gasteiger partial charge in [-0.05, 0) is 36.1 Å². The Morgan fingerprint density at radius 1 is 1.14 bits per heavy atom. The number of fused-ring (bicyclic) bond motifs is 1. The summed E-state index contributed by atoms with van der Waals surface area (Å²) in [4.78, 5) is 28.1. The number of benzene rings is 2. The first kappa shape index (κ1) is 19.5. The zero-order chi connectivity index (χ0) is 20.2. The highest BCUT2D eigenvalue weighted by Crippen LogP contribution is 2.23. The fraction of sp³-hybridized carbons (Fsp3) is 0.273. The number of H-pyrrole nitrogens is 1. The molecule has 1 aliphatic heterocycles. The van der Waals surface area contributed by atoms with Crippen LogP contribution in [0, 0.1) is 5.82 Å². The molecule has 4 rings (SSSR count). The highest BCUT2D eigenvalue weighted by Gasteiger charge is 2.32. The van der Waals surface area contributed by atoms with E-state index in [1.54, 1.807) is 18.2 Å². The molecule has 2 aromatic carbocycles. The van der Waals surface area contributed by atoms with Crippen LogP contribution < -0.4 is 10.6 Å². The Hall–Kier alpha value is -2.80. The molecule has 3 aromatic rings. The lowest BCUT2D eigenvalue weighted by Crippen LogP contribution is -2.54. The largest absolute Gasteiger partial charge is 0.361 e. The van der Waals surface area contributed by atoms with E-state index in [1.165, 1.54) is 17.8 Å². The standard InChI is InChI=1S/C22H22FN3O2S/c23-17-7-3-1-5-14(17)11-20-22(28)26-19(13-29-20)21(27)24-10-9-15-12-25-18-8-4-2-6-16(15)18/h1-8,12,19-20,25H,9-11,13H2,(H,24,27)(H,26,28)/t19-,20-/m1/s1. The maximum absolute atomic E-state index is 13.8. The van der Waals surface area contributed by atoms with Crippen molar-refractivity contribution in [1.29, 1.82) is 0 Å². The van der Waals surface area contributed by atoms with Gasteiger partial charge in [-0.15, -0.1) is 11.8 Å². The number of aromatic amines is 1. The summed E-state index contributed by atoms with van der Waals surface area (Å²) in [7, 11) is 0. The topological polar surface area (TPSA) is 74.0 Å². The zero-order valence-electron chi connectivity index (χ0n) is 15.8. The predicted molar refractivity (Wildman–Crippen MR) is 113 cm³/mol. The van der Waals surface area contributed by atoms with Gasteiger partial charge in [-0.3, -0.25) is 9.59 Å². The molecule has 3 N–H and O–H groups in total. The van der Waals surface area contributed by atoms with Crippen LogP contribution in [0.5, 0.6) is 0 Å². The molecule has 150 valence electrons. The van der Waals surface area contributed by atoms with Crippen molar-refractivity contribution < 1.29 is 14.0 Å². The van der Waals surface area contributed by atoms with Crippen LogP contribution in [0.3, 0.4) is 0 Å². The Bertz CT molecular complexity index is 1040. The number of carbonyl (C=O) groups excluding carboxylic acids is 2. The van der Waals surface area contributed by atoms with Gasteiger partial charge in [0.1, 0.15) is 11.9 Å². The molecule has 0 bridgehead atoms. The summed E-state index contributed by atoms with van der Waals surface area (Å²) >= 11 is 1.40. The van der Waals surface area contributed by atoms with Crippen molar-refractivity contribution in [2.75, 3.05) is 12.3 Å². The van der Waals surface area contributed by atoms with E-state index < -0.39 is 6.04 Å². The first-order valence-corrected chi connectivity index (χ1v) is 10.6. The Labute approximate surface area is 172 Å². The maximum atomic E-state index is 13.8. The van der Waals surface area contributed by atoms with Crippen molar-refractivity contribution >= 4 is 34.5 Å². The number of hydrogen-bond acceptors (Lipinski definition) is 3. The number of carbonyl (C=O) groups is 2. The minimum atomic E-state index is -0.563. The molecule has 7 heteroatoms. The van der Waals surface area contributed by atoms with Gasteiger partial charge in [0, 0.05) is 29.4 Å². The Balaban J connectivity index is 1.27. The number of para-hydroxylation sites is 1. The van der Waals surface area contributed by atoms with Crippen molar-refractivity contribution in [3.63, 3.8) is 0 Å². The first-order chi connectivity index (χ1) is 14.1. The predicted octanol–water partition coefficient (Wildman–Crippen LogP) is 2.81. The van der Waals surface area contributed by atoms with E-state index in [4.69, 9.17) is 0 Å². The van der Waals surface area contributed by atoms with Crippen LogP contribution in [-0.2, 0) is 22.4 Å². The van der Waals surface area contributed by atoms with E-state index in [9.17, 15) is 14.0 Å². The average Bonchev–Trinajstić information content (AvgIpc) is 3.14. The SMILES string of the molecule is O=C(NCCc1c[nH]c2ccccc12)[C@H]1CS[C@H](Cc2ccccc2F)C(=O)N1. The van der Waals surface area contributed by atoms with Crippen LogP contribution >= 0.6 is 11.8 Å². The summed E-state index contributed by atoms with van der Waals surface area (Å²) in [6.07, 6.45) is 2.99. The molecule has 0 spiro atoms. The van der Waals surface area contributed by atoms with E-state index in [0.717, 1.165) is 16.5 Å². The van der Waals surface area contributed by atoms with Crippen LogP contribution in [0.1, 0.15) is 11.1 Å². The number of hydrogen-bond donors (Lipinski definition) is 3. The maximum Gasteiger partial charge on any atom is 0.243 e. The van der Waals surface area contributed by atoms with Crippen molar-refractivity contribution in [2.24, 2.45) is 0 Å². The van der Waals surface area contributed by atoms with E-state index in [0.29, 0.717) is 30.7 Å². The normalized spacial score (nSPS) is 19.1. The molecule has 0 saturated carbocycles. The minimum Gasteiger partial charge on any atom is -0.361 e. The lowest BCUT2D eigenvalue weighted by molar-refractivity contribution is -0.128. The Morgan fingerprint density at radius 3 is 2.76 bits per heavy atom. The number of thioether (sulfide) groups is 1. The molecule has 0 aliphatic carbocycles. The summed E-state index contributed by atoms with van der Waals surface area (Å²) in [5.74, 6) is -0.238. The van der Waals surface area contributed by atoms with Crippen LogP contribution in [0.15, 0.2) is 54.7 Å². The lowest BCUT2D eigenvalue weighted by atomic mass is 10.1. The summed E-state index contributed by atoms with van der Waals surface area (Å²) in [5.41, 5.74) is 2.74. The molecule has 1 fully saturated rings. The van der Waals surface area contributed by atoms with E-state index >= 15 is 0 Å². The fourth-order valence-corrected chi connectivity index (χ4v) is 4.71. The number of amides is 2. The summed E-state index contributed by atoms with van der Waals surface area (Å²) in [5, 5.41) is 6.45. The van der Waals surface area contributed by atoms with Crippen LogP contribution in [-0.4, -0.2) is 40.4 Å². The van der Waals surface area contributed by atoms with Gasteiger partial charge in [0.15, 0.2) is 0 Å². The molecule has 1 aromatic heterocycles. The molecule has 2 atom stereocenters. The second-order valence-corrected chi connectivity index (χ2v) is 8.31. The van der Waals surface area contributed by atoms with Gasteiger partial charge in [-0.25, -0.2) is 4.39 Å². The second-order valence-electron chi connectivity index (χ2n) is 7.08. The van der Waals surface area contributed by atoms with Gasteiger partial charge in [0.05, 0.1) is 5.25 Å². The Morgan fingerprint density at radius 2 is 1.93 bits per heavy atom. The third-order valence-corrected chi connectivity index (χ3v) is 6.43. The van der Waals surface area contributed by atoms with E-state index in [-0.39, 0.29) is 22.9 Å². The number of halogens is 1. The molecule has 1 aliphatic rings. The zero-order valence-corrected chi connectivity index (χ0v) is 16.6. The molecule has 2 heterocycles. The molecule has 29 heavy (non-hydrogen) atoms. The van der Waals surface area contributed by atoms with Crippen molar-refractivity contribution in [2.45, 2.75) is 24.1 Å². The third-order valence-electron chi connectivity index (χ3n) is 5.12. The molecule has 2 amide bonds. The quantitative estimate of drug-likeness (QED) is 0.584. The minimum absolute atomic E-state index is 0.185. The number of nitrogens with one attached hydrogen (secondary N) is 3.